The summed E-state index contributed by atoms with van der Waals surface area (Å²) in [4.78, 5) is 23.7. The zero-order valence-corrected chi connectivity index (χ0v) is 16.2. The average molecular weight is 371 g/mol. The number of hydrogen-bond acceptors (Lipinski definition) is 3. The third kappa shape index (κ3) is 6.20. The van der Waals surface area contributed by atoms with Crippen molar-refractivity contribution < 1.29 is 18.7 Å². The fraction of sp³-hybridized carbons (Fsp3) is 0.364. The van der Waals surface area contributed by atoms with E-state index >= 15 is 0 Å². The smallest absolute Gasteiger partial charge is 0.258 e. The van der Waals surface area contributed by atoms with Gasteiger partial charge in [0.15, 0.2) is 12.4 Å². The maximum atomic E-state index is 13.3. The topological polar surface area (TPSA) is 55.4 Å². The van der Waals surface area contributed by atoms with E-state index in [4.69, 9.17) is 4.74 Å². The molecule has 4 nitrogen and oxygen atoms in total. The molecule has 1 atom stereocenters. The summed E-state index contributed by atoms with van der Waals surface area (Å²) in [6.07, 6.45) is 1.02. The van der Waals surface area contributed by atoms with Crippen molar-refractivity contribution >= 4 is 11.7 Å². The van der Waals surface area contributed by atoms with Crippen LogP contribution in [0.3, 0.4) is 0 Å². The Hall–Kier alpha value is -2.69. The molecular formula is C22H26FNO3. The number of rotatable bonds is 8. The summed E-state index contributed by atoms with van der Waals surface area (Å²) < 4.78 is 18.7. The summed E-state index contributed by atoms with van der Waals surface area (Å²) in [7, 11) is 0. The standard InChI is InChI=1S/C22H26FNO3/c1-14(2)11-17-5-7-18(8-6-17)15(3)24-22(26)13-27-21-10-9-19(23)12-20(21)16(4)25/h5-10,12,14-15H,11,13H2,1-4H3,(H,24,26). The van der Waals surface area contributed by atoms with E-state index in [1.165, 1.54) is 24.6 Å². The van der Waals surface area contributed by atoms with Crippen LogP contribution in [0, 0.1) is 11.7 Å². The van der Waals surface area contributed by atoms with E-state index in [-0.39, 0.29) is 35.7 Å². The van der Waals surface area contributed by atoms with E-state index in [9.17, 15) is 14.0 Å². The van der Waals surface area contributed by atoms with Crippen LogP contribution in [0.5, 0.6) is 5.75 Å². The maximum absolute atomic E-state index is 13.3. The molecule has 2 aromatic rings. The predicted molar refractivity (Wildman–Crippen MR) is 103 cm³/mol. The number of amides is 1. The highest BCUT2D eigenvalue weighted by Gasteiger charge is 2.14. The number of ketones is 1. The van der Waals surface area contributed by atoms with Gasteiger partial charge in [0.2, 0.25) is 0 Å². The van der Waals surface area contributed by atoms with Gasteiger partial charge < -0.3 is 10.1 Å². The fourth-order valence-corrected chi connectivity index (χ4v) is 2.83. The van der Waals surface area contributed by atoms with Gasteiger partial charge in [0.05, 0.1) is 11.6 Å². The third-order valence-electron chi connectivity index (χ3n) is 4.18. The predicted octanol–water partition coefficient (Wildman–Crippen LogP) is 4.48. The molecule has 0 aromatic heterocycles. The number of halogens is 1. The van der Waals surface area contributed by atoms with Crippen molar-refractivity contribution in [1.29, 1.82) is 0 Å². The van der Waals surface area contributed by atoms with Crippen molar-refractivity contribution in [2.45, 2.75) is 40.2 Å². The van der Waals surface area contributed by atoms with Crippen LogP contribution in [0.25, 0.3) is 0 Å². The molecule has 0 spiro atoms. The molecule has 2 rings (SSSR count). The highest BCUT2D eigenvalue weighted by atomic mass is 19.1. The van der Waals surface area contributed by atoms with Crippen LogP contribution in [0.4, 0.5) is 4.39 Å². The largest absolute Gasteiger partial charge is 0.483 e. The second-order valence-corrected chi connectivity index (χ2v) is 7.11. The second-order valence-electron chi connectivity index (χ2n) is 7.11. The van der Waals surface area contributed by atoms with Crippen LogP contribution < -0.4 is 10.1 Å². The Kier molecular flexibility index (Phi) is 7.11. The molecule has 0 aliphatic carbocycles. The van der Waals surface area contributed by atoms with Gasteiger partial charge in [-0.2, -0.15) is 0 Å². The van der Waals surface area contributed by atoms with Gasteiger partial charge in [-0.3, -0.25) is 9.59 Å². The minimum absolute atomic E-state index is 0.122. The molecule has 0 fully saturated rings. The minimum Gasteiger partial charge on any atom is -0.483 e. The van der Waals surface area contributed by atoms with Crippen LogP contribution in [-0.4, -0.2) is 18.3 Å². The van der Waals surface area contributed by atoms with Crippen LogP contribution in [0.1, 0.15) is 55.2 Å². The Morgan fingerprint density at radius 1 is 1.07 bits per heavy atom. The summed E-state index contributed by atoms with van der Waals surface area (Å²) in [5.41, 5.74) is 2.39. The molecule has 0 aliphatic rings. The van der Waals surface area contributed by atoms with Crippen LogP contribution in [0.15, 0.2) is 42.5 Å². The van der Waals surface area contributed by atoms with E-state index in [0.29, 0.717) is 5.92 Å². The summed E-state index contributed by atoms with van der Waals surface area (Å²) in [6.45, 7) is 7.33. The number of Topliss-reactive ketones (excluding diaryl/α,β-unsaturated/α-hetero) is 1. The lowest BCUT2D eigenvalue weighted by Gasteiger charge is -2.16. The van der Waals surface area contributed by atoms with Gasteiger partial charge in [0.25, 0.3) is 5.91 Å². The molecule has 2 aromatic carbocycles. The zero-order chi connectivity index (χ0) is 20.0. The Labute approximate surface area is 159 Å². The summed E-state index contributed by atoms with van der Waals surface area (Å²) >= 11 is 0. The Morgan fingerprint density at radius 2 is 1.74 bits per heavy atom. The lowest BCUT2D eigenvalue weighted by Crippen LogP contribution is -2.31. The molecular weight excluding hydrogens is 345 g/mol. The number of benzene rings is 2. The Balaban J connectivity index is 1.93. The van der Waals surface area contributed by atoms with E-state index < -0.39 is 5.82 Å². The van der Waals surface area contributed by atoms with Gasteiger partial charge in [-0.25, -0.2) is 4.39 Å². The fourth-order valence-electron chi connectivity index (χ4n) is 2.83. The van der Waals surface area contributed by atoms with E-state index in [1.807, 2.05) is 19.1 Å². The van der Waals surface area contributed by atoms with Crippen LogP contribution in [-0.2, 0) is 11.2 Å². The second kappa shape index (κ2) is 9.31. The Morgan fingerprint density at radius 3 is 2.33 bits per heavy atom. The van der Waals surface area contributed by atoms with Crippen molar-refractivity contribution in [3.8, 4) is 5.75 Å². The molecule has 0 heterocycles. The van der Waals surface area contributed by atoms with Gasteiger partial charge in [-0.05, 0) is 55.5 Å². The lowest BCUT2D eigenvalue weighted by atomic mass is 10.00. The van der Waals surface area contributed by atoms with Crippen LogP contribution >= 0.6 is 0 Å². The molecule has 1 unspecified atom stereocenters. The molecule has 0 aliphatic heterocycles. The van der Waals surface area contributed by atoms with E-state index in [1.54, 1.807) is 0 Å². The van der Waals surface area contributed by atoms with Gasteiger partial charge in [0, 0.05) is 0 Å². The van der Waals surface area contributed by atoms with Crippen molar-refractivity contribution in [2.24, 2.45) is 5.92 Å². The number of ether oxygens (including phenoxy) is 1. The first-order valence-electron chi connectivity index (χ1n) is 9.07. The zero-order valence-electron chi connectivity index (χ0n) is 16.2. The number of carbonyl (C=O) groups excluding carboxylic acids is 2. The van der Waals surface area contributed by atoms with Crippen molar-refractivity contribution in [2.75, 3.05) is 6.61 Å². The van der Waals surface area contributed by atoms with Gasteiger partial charge >= 0.3 is 0 Å². The average Bonchev–Trinajstić information content (AvgIpc) is 2.60. The molecule has 0 bridgehead atoms. The monoisotopic (exact) mass is 371 g/mol. The lowest BCUT2D eigenvalue weighted by molar-refractivity contribution is -0.123. The molecule has 27 heavy (non-hydrogen) atoms. The van der Waals surface area contributed by atoms with E-state index in [2.05, 4.69) is 31.3 Å². The van der Waals surface area contributed by atoms with Crippen molar-refractivity contribution in [3.05, 3.63) is 65.0 Å². The van der Waals surface area contributed by atoms with Gasteiger partial charge in [-0.15, -0.1) is 0 Å². The van der Waals surface area contributed by atoms with Crippen molar-refractivity contribution in [1.82, 2.24) is 5.32 Å². The first kappa shape index (κ1) is 20.6. The first-order valence-corrected chi connectivity index (χ1v) is 9.07. The highest BCUT2D eigenvalue weighted by molar-refractivity contribution is 5.96. The summed E-state index contributed by atoms with van der Waals surface area (Å²) in [5.74, 6) is -0.361. The highest BCUT2D eigenvalue weighted by Crippen LogP contribution is 2.20. The SMILES string of the molecule is CC(=O)c1cc(F)ccc1OCC(=O)NC(C)c1ccc(CC(C)C)cc1. The summed E-state index contributed by atoms with van der Waals surface area (Å²) in [6, 6.07) is 11.7. The molecule has 144 valence electrons. The minimum atomic E-state index is -0.522. The third-order valence-corrected chi connectivity index (χ3v) is 4.18. The van der Waals surface area contributed by atoms with Crippen molar-refractivity contribution in [3.63, 3.8) is 0 Å². The first-order chi connectivity index (χ1) is 12.8. The maximum Gasteiger partial charge on any atom is 0.258 e. The molecule has 0 radical (unpaired) electrons. The molecule has 1 N–H and O–H groups in total. The van der Waals surface area contributed by atoms with Crippen LogP contribution in [0.2, 0.25) is 0 Å². The number of carbonyl (C=O) groups is 2. The Bertz CT molecular complexity index is 800. The van der Waals surface area contributed by atoms with E-state index in [0.717, 1.165) is 18.1 Å². The quantitative estimate of drug-likeness (QED) is 0.696. The number of nitrogens with one attached hydrogen (secondary N) is 1. The molecule has 1 amide bonds. The molecule has 0 saturated carbocycles. The normalized spacial score (nSPS) is 11.9. The summed E-state index contributed by atoms with van der Waals surface area (Å²) in [5, 5.41) is 2.86. The molecule has 0 saturated heterocycles. The number of hydrogen-bond donors (Lipinski definition) is 1. The van der Waals surface area contributed by atoms with Gasteiger partial charge in [-0.1, -0.05) is 38.1 Å². The molecule has 5 heteroatoms. The van der Waals surface area contributed by atoms with Gasteiger partial charge in [0.1, 0.15) is 11.6 Å².